The first kappa shape index (κ1) is 17.0. The Morgan fingerprint density at radius 3 is 2.32 bits per heavy atom. The zero-order valence-electron chi connectivity index (χ0n) is 13.0. The summed E-state index contributed by atoms with van der Waals surface area (Å²) in [6, 6.07) is 7.93. The second-order valence-electron chi connectivity index (χ2n) is 5.62. The van der Waals surface area contributed by atoms with Crippen LogP contribution in [0.4, 0.5) is 0 Å². The standard InChI is InChI=1S/C16H22BrN3O2/c1-12(14-3-5-15(17)6-4-14)18-16(22)11-19-7-9-20(10-8-19)13(2)21/h3-6,12H,7-11H2,1-2H3,(H,18,22). The number of carbonyl (C=O) groups is 2. The van der Waals surface area contributed by atoms with E-state index in [0.29, 0.717) is 19.6 Å². The van der Waals surface area contributed by atoms with Gasteiger partial charge in [0.2, 0.25) is 11.8 Å². The lowest BCUT2D eigenvalue weighted by Gasteiger charge is -2.33. The van der Waals surface area contributed by atoms with Gasteiger partial charge in [-0.1, -0.05) is 28.1 Å². The summed E-state index contributed by atoms with van der Waals surface area (Å²) in [6.45, 7) is 6.85. The molecule has 1 aromatic rings. The fourth-order valence-corrected chi connectivity index (χ4v) is 2.81. The largest absolute Gasteiger partial charge is 0.348 e. The van der Waals surface area contributed by atoms with E-state index in [-0.39, 0.29) is 17.9 Å². The number of piperazine rings is 1. The van der Waals surface area contributed by atoms with Crippen LogP contribution in [0.5, 0.6) is 0 Å². The topological polar surface area (TPSA) is 52.7 Å². The number of carbonyl (C=O) groups excluding carboxylic acids is 2. The molecule has 1 aromatic carbocycles. The van der Waals surface area contributed by atoms with Gasteiger partial charge in [-0.25, -0.2) is 0 Å². The zero-order valence-corrected chi connectivity index (χ0v) is 14.6. The molecule has 1 aliphatic rings. The molecule has 1 heterocycles. The van der Waals surface area contributed by atoms with Gasteiger partial charge in [0.1, 0.15) is 0 Å². The molecule has 22 heavy (non-hydrogen) atoms. The van der Waals surface area contributed by atoms with Gasteiger partial charge in [-0.3, -0.25) is 14.5 Å². The van der Waals surface area contributed by atoms with E-state index < -0.39 is 0 Å². The van der Waals surface area contributed by atoms with Crippen molar-refractivity contribution >= 4 is 27.7 Å². The average molecular weight is 368 g/mol. The minimum Gasteiger partial charge on any atom is -0.348 e. The van der Waals surface area contributed by atoms with Crippen molar-refractivity contribution in [3.05, 3.63) is 34.3 Å². The smallest absolute Gasteiger partial charge is 0.234 e. The molecule has 1 unspecified atom stereocenters. The Morgan fingerprint density at radius 2 is 1.77 bits per heavy atom. The van der Waals surface area contributed by atoms with Gasteiger partial charge in [0.25, 0.3) is 0 Å². The molecule has 1 atom stereocenters. The van der Waals surface area contributed by atoms with Crippen molar-refractivity contribution in [1.82, 2.24) is 15.1 Å². The van der Waals surface area contributed by atoms with Gasteiger partial charge in [-0.15, -0.1) is 0 Å². The Hall–Kier alpha value is -1.40. The molecule has 0 bridgehead atoms. The van der Waals surface area contributed by atoms with E-state index in [1.165, 1.54) is 0 Å². The number of hydrogen-bond acceptors (Lipinski definition) is 3. The van der Waals surface area contributed by atoms with Crippen molar-refractivity contribution in [2.75, 3.05) is 32.7 Å². The number of nitrogens with one attached hydrogen (secondary N) is 1. The molecular weight excluding hydrogens is 346 g/mol. The first-order valence-corrected chi connectivity index (χ1v) is 8.27. The molecule has 0 saturated carbocycles. The molecule has 1 aliphatic heterocycles. The highest BCUT2D eigenvalue weighted by Crippen LogP contribution is 2.16. The third kappa shape index (κ3) is 4.81. The second kappa shape index (κ2) is 7.74. The molecule has 0 radical (unpaired) electrons. The fraction of sp³-hybridized carbons (Fsp3) is 0.500. The Morgan fingerprint density at radius 1 is 1.18 bits per heavy atom. The normalized spacial score (nSPS) is 17.1. The van der Waals surface area contributed by atoms with Crippen LogP contribution >= 0.6 is 15.9 Å². The lowest BCUT2D eigenvalue weighted by atomic mass is 10.1. The van der Waals surface area contributed by atoms with Crippen LogP contribution in [0.2, 0.25) is 0 Å². The molecular formula is C16H22BrN3O2. The highest BCUT2D eigenvalue weighted by atomic mass is 79.9. The zero-order chi connectivity index (χ0) is 16.1. The second-order valence-corrected chi connectivity index (χ2v) is 6.54. The molecule has 1 saturated heterocycles. The first-order valence-electron chi connectivity index (χ1n) is 7.48. The monoisotopic (exact) mass is 367 g/mol. The van der Waals surface area contributed by atoms with Gasteiger partial charge in [0.05, 0.1) is 12.6 Å². The molecule has 120 valence electrons. The van der Waals surface area contributed by atoms with Crippen molar-refractivity contribution in [1.29, 1.82) is 0 Å². The average Bonchev–Trinajstić information content (AvgIpc) is 2.48. The maximum absolute atomic E-state index is 12.1. The maximum atomic E-state index is 12.1. The Bertz CT molecular complexity index is 525. The van der Waals surface area contributed by atoms with Crippen molar-refractivity contribution in [2.45, 2.75) is 19.9 Å². The molecule has 5 nitrogen and oxygen atoms in total. The van der Waals surface area contributed by atoms with Gasteiger partial charge in [-0.05, 0) is 24.6 Å². The van der Waals surface area contributed by atoms with Gasteiger partial charge in [0.15, 0.2) is 0 Å². The first-order chi connectivity index (χ1) is 10.5. The summed E-state index contributed by atoms with van der Waals surface area (Å²) in [5, 5.41) is 3.02. The summed E-state index contributed by atoms with van der Waals surface area (Å²) in [4.78, 5) is 27.3. The highest BCUT2D eigenvalue weighted by molar-refractivity contribution is 9.10. The third-order valence-electron chi connectivity index (χ3n) is 3.93. The number of nitrogens with zero attached hydrogens (tertiary/aromatic N) is 2. The summed E-state index contributed by atoms with van der Waals surface area (Å²) in [5.41, 5.74) is 1.08. The lowest BCUT2D eigenvalue weighted by molar-refractivity contribution is -0.131. The van der Waals surface area contributed by atoms with E-state index in [2.05, 4.69) is 26.1 Å². The fourth-order valence-electron chi connectivity index (χ4n) is 2.55. The van der Waals surface area contributed by atoms with Crippen molar-refractivity contribution in [3.63, 3.8) is 0 Å². The van der Waals surface area contributed by atoms with Gasteiger partial charge in [0, 0.05) is 37.6 Å². The van der Waals surface area contributed by atoms with Crippen LogP contribution in [-0.4, -0.2) is 54.3 Å². The molecule has 0 spiro atoms. The number of rotatable bonds is 4. The summed E-state index contributed by atoms with van der Waals surface area (Å²) < 4.78 is 1.03. The summed E-state index contributed by atoms with van der Waals surface area (Å²) in [7, 11) is 0. The van der Waals surface area contributed by atoms with E-state index in [1.54, 1.807) is 6.92 Å². The predicted molar refractivity (Wildman–Crippen MR) is 89.4 cm³/mol. The number of benzene rings is 1. The van der Waals surface area contributed by atoms with Crippen molar-refractivity contribution < 1.29 is 9.59 Å². The number of amides is 2. The van der Waals surface area contributed by atoms with Gasteiger partial charge >= 0.3 is 0 Å². The summed E-state index contributed by atoms with van der Waals surface area (Å²) in [6.07, 6.45) is 0. The molecule has 2 amide bonds. The van der Waals surface area contributed by atoms with Crippen LogP contribution in [0.25, 0.3) is 0 Å². The number of halogens is 1. The van der Waals surface area contributed by atoms with Gasteiger partial charge in [-0.2, -0.15) is 0 Å². The van der Waals surface area contributed by atoms with E-state index in [4.69, 9.17) is 0 Å². The van der Waals surface area contributed by atoms with Crippen LogP contribution in [0.1, 0.15) is 25.5 Å². The van der Waals surface area contributed by atoms with Crippen LogP contribution in [0.3, 0.4) is 0 Å². The van der Waals surface area contributed by atoms with Crippen molar-refractivity contribution in [3.8, 4) is 0 Å². The Kier molecular flexibility index (Phi) is 5.97. The molecule has 6 heteroatoms. The van der Waals surface area contributed by atoms with Crippen LogP contribution in [-0.2, 0) is 9.59 Å². The minimum absolute atomic E-state index is 0.0147. The van der Waals surface area contributed by atoms with E-state index in [0.717, 1.165) is 23.1 Å². The maximum Gasteiger partial charge on any atom is 0.234 e. The Balaban J connectivity index is 1.78. The molecule has 1 N–H and O–H groups in total. The molecule has 2 rings (SSSR count). The van der Waals surface area contributed by atoms with E-state index in [1.807, 2.05) is 36.1 Å². The number of hydrogen-bond donors (Lipinski definition) is 1. The Labute approximate surface area is 139 Å². The van der Waals surface area contributed by atoms with Crippen LogP contribution in [0, 0.1) is 0 Å². The highest BCUT2D eigenvalue weighted by Gasteiger charge is 2.20. The van der Waals surface area contributed by atoms with Crippen LogP contribution in [0.15, 0.2) is 28.7 Å². The summed E-state index contributed by atoms with van der Waals surface area (Å²) >= 11 is 3.40. The van der Waals surface area contributed by atoms with E-state index in [9.17, 15) is 9.59 Å². The third-order valence-corrected chi connectivity index (χ3v) is 4.46. The van der Waals surface area contributed by atoms with E-state index >= 15 is 0 Å². The molecule has 1 fully saturated rings. The minimum atomic E-state index is -0.0147. The van der Waals surface area contributed by atoms with Crippen LogP contribution < -0.4 is 5.32 Å². The quantitative estimate of drug-likeness (QED) is 0.882. The van der Waals surface area contributed by atoms with Crippen molar-refractivity contribution in [2.24, 2.45) is 0 Å². The predicted octanol–water partition coefficient (Wildman–Crippen LogP) is 1.79. The molecule has 0 aromatic heterocycles. The van der Waals surface area contributed by atoms with Gasteiger partial charge < -0.3 is 10.2 Å². The lowest BCUT2D eigenvalue weighted by Crippen LogP contribution is -2.50. The SMILES string of the molecule is CC(=O)N1CCN(CC(=O)NC(C)c2ccc(Br)cc2)CC1. The summed E-state index contributed by atoms with van der Waals surface area (Å²) in [5.74, 6) is 0.125. The molecule has 0 aliphatic carbocycles.